The fourth-order valence-corrected chi connectivity index (χ4v) is 6.46. The van der Waals surface area contributed by atoms with Gasteiger partial charge in [-0.25, -0.2) is 8.78 Å². The topological polar surface area (TPSA) is 87.5 Å². The minimum absolute atomic E-state index is 0.0230. The number of anilines is 1. The van der Waals surface area contributed by atoms with E-state index in [-0.39, 0.29) is 36.2 Å². The van der Waals surface area contributed by atoms with Crippen molar-refractivity contribution in [2.45, 2.75) is 50.6 Å². The number of alkyl halides is 2. The van der Waals surface area contributed by atoms with Crippen molar-refractivity contribution in [3.63, 3.8) is 0 Å². The van der Waals surface area contributed by atoms with E-state index in [1.165, 1.54) is 0 Å². The summed E-state index contributed by atoms with van der Waals surface area (Å²) in [6.45, 7) is 0.453. The van der Waals surface area contributed by atoms with Crippen LogP contribution in [0.4, 0.5) is 14.5 Å². The molecule has 3 fully saturated rings. The number of carboxylic acid groups (broad SMARTS) is 1. The van der Waals surface area contributed by atoms with E-state index in [9.17, 15) is 18.4 Å². The van der Waals surface area contributed by atoms with Crippen LogP contribution in [0.2, 0.25) is 5.02 Å². The second kappa shape index (κ2) is 8.68. The molecule has 1 spiro atoms. The molecular weight excluding hydrogens is 502 g/mol. The molecule has 0 unspecified atom stereocenters. The van der Waals surface area contributed by atoms with Gasteiger partial charge in [0.05, 0.1) is 41.3 Å². The van der Waals surface area contributed by atoms with Gasteiger partial charge in [0.1, 0.15) is 0 Å². The number of carbonyl (C=O) groups excluding carboxylic acids is 1. The number of nitrogens with zero attached hydrogens (tertiary/aromatic N) is 3. The molecule has 3 aromatic rings. The van der Waals surface area contributed by atoms with Crippen molar-refractivity contribution in [2.75, 3.05) is 18.0 Å². The highest BCUT2D eigenvalue weighted by Crippen LogP contribution is 2.58. The standard InChI is InChI=1S/C27H27ClF2N4O3/c28-22-6-5-20(24(35)32-18-11-26(12-18)9-17(10-26)25(36)37)23-21(22)13-31-34(23)14-16-1-3-19(4-2-16)33-8-7-27(29,30)15-33/h1-6,13,17-18H,7-12,14-15H2,(H,32,35)(H,36,37). The summed E-state index contributed by atoms with van der Waals surface area (Å²) in [7, 11) is 0. The van der Waals surface area contributed by atoms with Crippen molar-refractivity contribution in [3.05, 3.63) is 58.7 Å². The number of carbonyl (C=O) groups is 2. The lowest BCUT2D eigenvalue weighted by atomic mass is 9.50. The van der Waals surface area contributed by atoms with Gasteiger partial charge in [-0.3, -0.25) is 14.3 Å². The van der Waals surface area contributed by atoms with Gasteiger partial charge in [-0.05, 0) is 60.9 Å². The van der Waals surface area contributed by atoms with Gasteiger partial charge in [0.25, 0.3) is 11.8 Å². The molecule has 0 atom stereocenters. The van der Waals surface area contributed by atoms with Crippen LogP contribution >= 0.6 is 11.6 Å². The van der Waals surface area contributed by atoms with E-state index in [1.807, 2.05) is 24.3 Å². The molecule has 2 aliphatic carbocycles. The first kappa shape index (κ1) is 24.2. The summed E-state index contributed by atoms with van der Waals surface area (Å²) in [4.78, 5) is 26.1. The molecule has 2 N–H and O–H groups in total. The lowest BCUT2D eigenvalue weighted by Gasteiger charge is -2.56. The number of benzene rings is 2. The molecule has 194 valence electrons. The van der Waals surface area contributed by atoms with Gasteiger partial charge in [0.15, 0.2) is 0 Å². The highest BCUT2D eigenvalue weighted by Gasteiger charge is 2.55. The Morgan fingerprint density at radius 2 is 1.84 bits per heavy atom. The predicted octanol–water partition coefficient (Wildman–Crippen LogP) is 4.96. The molecule has 2 aromatic carbocycles. The van der Waals surface area contributed by atoms with Gasteiger partial charge in [0, 0.05) is 30.1 Å². The molecular formula is C27H27ClF2N4O3. The van der Waals surface area contributed by atoms with Crippen LogP contribution in [0, 0.1) is 11.3 Å². The van der Waals surface area contributed by atoms with Crippen LogP contribution in [0.5, 0.6) is 0 Å². The number of halogens is 3. The summed E-state index contributed by atoms with van der Waals surface area (Å²) in [6.07, 6.45) is 4.48. The summed E-state index contributed by atoms with van der Waals surface area (Å²) in [5.74, 6) is -3.85. The van der Waals surface area contributed by atoms with Gasteiger partial charge in [-0.15, -0.1) is 0 Å². The van der Waals surface area contributed by atoms with E-state index in [4.69, 9.17) is 16.7 Å². The van der Waals surface area contributed by atoms with E-state index < -0.39 is 11.9 Å². The first-order valence-electron chi connectivity index (χ1n) is 12.5. The zero-order valence-corrected chi connectivity index (χ0v) is 20.8. The number of hydrogen-bond acceptors (Lipinski definition) is 4. The Hall–Kier alpha value is -3.20. The summed E-state index contributed by atoms with van der Waals surface area (Å²) in [6, 6.07) is 10.9. The first-order chi connectivity index (χ1) is 17.6. The maximum Gasteiger partial charge on any atom is 0.306 e. The molecule has 3 aliphatic rings. The maximum absolute atomic E-state index is 13.6. The molecule has 1 amide bonds. The number of amides is 1. The molecule has 1 aliphatic heterocycles. The van der Waals surface area contributed by atoms with Crippen molar-refractivity contribution in [1.29, 1.82) is 0 Å². The van der Waals surface area contributed by atoms with Crippen LogP contribution in [0.3, 0.4) is 0 Å². The van der Waals surface area contributed by atoms with Crippen LogP contribution < -0.4 is 10.2 Å². The Kier molecular flexibility index (Phi) is 5.67. The van der Waals surface area contributed by atoms with Crippen LogP contribution in [0.15, 0.2) is 42.6 Å². The van der Waals surface area contributed by atoms with Crippen molar-refractivity contribution in [3.8, 4) is 0 Å². The lowest BCUT2D eigenvalue weighted by Crippen LogP contribution is -2.57. The predicted molar refractivity (Wildman–Crippen MR) is 135 cm³/mol. The molecule has 2 saturated carbocycles. The zero-order valence-electron chi connectivity index (χ0n) is 20.1. The maximum atomic E-state index is 13.6. The van der Waals surface area contributed by atoms with Crippen LogP contribution in [-0.2, 0) is 11.3 Å². The third-order valence-electron chi connectivity index (χ3n) is 8.20. The molecule has 1 saturated heterocycles. The Morgan fingerprint density at radius 1 is 1.11 bits per heavy atom. The summed E-state index contributed by atoms with van der Waals surface area (Å²) in [5.41, 5.74) is 2.86. The van der Waals surface area contributed by atoms with E-state index >= 15 is 0 Å². The first-order valence-corrected chi connectivity index (χ1v) is 12.9. The Morgan fingerprint density at radius 3 is 2.49 bits per heavy atom. The lowest BCUT2D eigenvalue weighted by molar-refractivity contribution is -0.155. The third kappa shape index (κ3) is 4.43. The number of rotatable bonds is 6. The van der Waals surface area contributed by atoms with Gasteiger partial charge < -0.3 is 15.3 Å². The molecule has 0 bridgehead atoms. The number of hydrogen-bond donors (Lipinski definition) is 2. The number of carboxylic acids is 1. The van der Waals surface area contributed by atoms with E-state index in [0.717, 1.165) is 24.1 Å². The zero-order chi connectivity index (χ0) is 25.9. The molecule has 7 nitrogen and oxygen atoms in total. The molecule has 0 radical (unpaired) electrons. The number of aliphatic carboxylic acids is 1. The van der Waals surface area contributed by atoms with E-state index in [1.54, 1.807) is 27.9 Å². The van der Waals surface area contributed by atoms with Gasteiger partial charge in [-0.2, -0.15) is 5.10 Å². The van der Waals surface area contributed by atoms with Gasteiger partial charge in [0.2, 0.25) is 0 Å². The smallest absolute Gasteiger partial charge is 0.306 e. The summed E-state index contributed by atoms with van der Waals surface area (Å²) in [5, 5.41) is 17.9. The fraction of sp³-hybridized carbons (Fsp3) is 0.444. The normalized spacial score (nSPS) is 26.2. The minimum atomic E-state index is -2.65. The monoisotopic (exact) mass is 528 g/mol. The Balaban J connectivity index is 1.17. The van der Waals surface area contributed by atoms with Crippen molar-refractivity contribution < 1.29 is 23.5 Å². The largest absolute Gasteiger partial charge is 0.481 e. The SMILES string of the molecule is O=C(NC1CC2(C1)CC(C(=O)O)C2)c1ccc(Cl)c2cnn(Cc3ccc(N4CCC(F)(F)C4)cc3)c12. The Labute approximate surface area is 217 Å². The van der Waals surface area contributed by atoms with Gasteiger partial charge in [-0.1, -0.05) is 23.7 Å². The highest BCUT2D eigenvalue weighted by molar-refractivity contribution is 6.36. The third-order valence-corrected chi connectivity index (χ3v) is 8.53. The number of nitrogens with one attached hydrogen (secondary N) is 1. The van der Waals surface area contributed by atoms with E-state index in [0.29, 0.717) is 47.4 Å². The molecule has 1 aromatic heterocycles. The van der Waals surface area contributed by atoms with Crippen LogP contribution in [0.25, 0.3) is 10.9 Å². The van der Waals surface area contributed by atoms with Crippen molar-refractivity contribution in [1.82, 2.24) is 15.1 Å². The van der Waals surface area contributed by atoms with Crippen molar-refractivity contribution >= 4 is 40.1 Å². The van der Waals surface area contributed by atoms with Crippen LogP contribution in [0.1, 0.15) is 48.0 Å². The molecule has 10 heteroatoms. The molecule has 6 rings (SSSR count). The highest BCUT2D eigenvalue weighted by atomic mass is 35.5. The van der Waals surface area contributed by atoms with Crippen LogP contribution in [-0.4, -0.2) is 51.8 Å². The molecule has 37 heavy (non-hydrogen) atoms. The van der Waals surface area contributed by atoms with Crippen molar-refractivity contribution in [2.24, 2.45) is 11.3 Å². The summed E-state index contributed by atoms with van der Waals surface area (Å²) >= 11 is 6.41. The summed E-state index contributed by atoms with van der Waals surface area (Å²) < 4.78 is 28.9. The average Bonchev–Trinajstić information content (AvgIpc) is 3.38. The second-order valence-electron chi connectivity index (χ2n) is 10.9. The Bertz CT molecular complexity index is 1380. The van der Waals surface area contributed by atoms with E-state index in [2.05, 4.69) is 10.4 Å². The van der Waals surface area contributed by atoms with Gasteiger partial charge >= 0.3 is 5.97 Å². The second-order valence-corrected chi connectivity index (χ2v) is 11.3. The fourth-order valence-electron chi connectivity index (χ4n) is 6.26. The minimum Gasteiger partial charge on any atom is -0.481 e. The average molecular weight is 529 g/mol. The quantitative estimate of drug-likeness (QED) is 0.472. The molecule has 2 heterocycles. The number of fused-ring (bicyclic) bond motifs is 1. The number of aromatic nitrogens is 2.